The summed E-state index contributed by atoms with van der Waals surface area (Å²) in [4.78, 5) is 23.0. The number of halogens is 1. The highest BCUT2D eigenvalue weighted by Crippen LogP contribution is 2.14. The summed E-state index contributed by atoms with van der Waals surface area (Å²) >= 11 is 16.0. The van der Waals surface area contributed by atoms with Gasteiger partial charge in [0, 0.05) is 28.9 Å². The highest BCUT2D eigenvalue weighted by atomic mass is 35.5. The van der Waals surface area contributed by atoms with Crippen LogP contribution in [0.1, 0.15) is 17.3 Å². The maximum Gasteiger partial charge on any atom is 0.257 e. The van der Waals surface area contributed by atoms with Crippen molar-refractivity contribution in [3.63, 3.8) is 0 Å². The minimum Gasteiger partial charge on any atom is -0.332 e. The van der Waals surface area contributed by atoms with Crippen molar-refractivity contribution in [3.05, 3.63) is 59.1 Å². The second kappa shape index (κ2) is 9.23. The Morgan fingerprint density at radius 2 is 1.42 bits per heavy atom. The molecule has 4 N–H and O–H groups in total. The first-order valence-electron chi connectivity index (χ1n) is 7.40. The third-order valence-corrected chi connectivity index (χ3v) is 3.65. The molecule has 0 aliphatic carbocycles. The summed E-state index contributed by atoms with van der Waals surface area (Å²) in [7, 11) is 0. The summed E-state index contributed by atoms with van der Waals surface area (Å²) in [6, 6.07) is 13.6. The molecule has 0 bridgehead atoms. The maximum atomic E-state index is 12.1. The number of nitrogens with one attached hydrogen (secondary N) is 4. The molecule has 0 aliphatic rings. The van der Waals surface area contributed by atoms with Crippen LogP contribution >= 0.6 is 36.0 Å². The van der Waals surface area contributed by atoms with Gasteiger partial charge in [0.15, 0.2) is 10.2 Å². The Labute approximate surface area is 166 Å². The number of thiocarbonyl (C=S) groups is 2. The molecule has 2 rings (SSSR count). The van der Waals surface area contributed by atoms with E-state index in [1.54, 1.807) is 48.5 Å². The normalized spacial score (nSPS) is 9.77. The van der Waals surface area contributed by atoms with Crippen LogP contribution < -0.4 is 21.3 Å². The van der Waals surface area contributed by atoms with Crippen LogP contribution in [-0.4, -0.2) is 22.0 Å². The summed E-state index contributed by atoms with van der Waals surface area (Å²) < 4.78 is 0. The van der Waals surface area contributed by atoms with Crippen molar-refractivity contribution in [2.75, 3.05) is 10.6 Å². The molecule has 0 heterocycles. The molecule has 9 heteroatoms. The average Bonchev–Trinajstić information content (AvgIpc) is 2.55. The minimum absolute atomic E-state index is 0.157. The molecule has 0 atom stereocenters. The predicted molar refractivity (Wildman–Crippen MR) is 112 cm³/mol. The lowest BCUT2D eigenvalue weighted by atomic mass is 10.2. The van der Waals surface area contributed by atoms with Gasteiger partial charge in [0.1, 0.15) is 0 Å². The monoisotopic (exact) mass is 406 g/mol. The Hall–Kier alpha value is -2.55. The van der Waals surface area contributed by atoms with E-state index in [1.807, 2.05) is 0 Å². The van der Waals surface area contributed by atoms with Gasteiger partial charge in [0.25, 0.3) is 5.91 Å². The van der Waals surface area contributed by atoms with Crippen LogP contribution in [0.2, 0.25) is 5.02 Å². The van der Waals surface area contributed by atoms with Gasteiger partial charge in [-0.1, -0.05) is 17.7 Å². The maximum absolute atomic E-state index is 12.1. The summed E-state index contributed by atoms with van der Waals surface area (Å²) in [5.74, 6) is -0.606. The number of hydrogen-bond donors (Lipinski definition) is 4. The largest absolute Gasteiger partial charge is 0.332 e. The van der Waals surface area contributed by atoms with E-state index in [1.165, 1.54) is 6.92 Å². The fourth-order valence-electron chi connectivity index (χ4n) is 1.93. The van der Waals surface area contributed by atoms with Crippen molar-refractivity contribution in [2.45, 2.75) is 6.92 Å². The Balaban J connectivity index is 1.90. The molecule has 0 aromatic heterocycles. The highest BCUT2D eigenvalue weighted by molar-refractivity contribution is 7.80. The highest BCUT2D eigenvalue weighted by Gasteiger charge is 2.08. The van der Waals surface area contributed by atoms with Gasteiger partial charge in [-0.2, -0.15) is 0 Å². The van der Waals surface area contributed by atoms with Gasteiger partial charge in [-0.15, -0.1) is 0 Å². The first-order chi connectivity index (χ1) is 12.3. The second-order valence-electron chi connectivity index (χ2n) is 5.13. The van der Waals surface area contributed by atoms with Crippen molar-refractivity contribution >= 4 is 69.5 Å². The molecule has 2 aromatic rings. The fourth-order valence-corrected chi connectivity index (χ4v) is 2.59. The third-order valence-electron chi connectivity index (χ3n) is 3.00. The molecule has 0 radical (unpaired) electrons. The topological polar surface area (TPSA) is 82.3 Å². The quantitative estimate of drug-likeness (QED) is 0.585. The van der Waals surface area contributed by atoms with E-state index in [-0.39, 0.29) is 22.0 Å². The van der Waals surface area contributed by atoms with Crippen LogP contribution in [0.5, 0.6) is 0 Å². The molecular formula is C17H15ClN4O2S2. The van der Waals surface area contributed by atoms with Gasteiger partial charge in [-0.25, -0.2) is 0 Å². The van der Waals surface area contributed by atoms with E-state index in [0.29, 0.717) is 22.0 Å². The van der Waals surface area contributed by atoms with Gasteiger partial charge in [-0.3, -0.25) is 14.9 Å². The van der Waals surface area contributed by atoms with Crippen LogP contribution in [0.3, 0.4) is 0 Å². The van der Waals surface area contributed by atoms with E-state index in [4.69, 9.17) is 36.0 Å². The lowest BCUT2D eigenvalue weighted by molar-refractivity contribution is -0.117. The molecule has 0 fully saturated rings. The lowest BCUT2D eigenvalue weighted by Gasteiger charge is -2.11. The molecule has 26 heavy (non-hydrogen) atoms. The lowest BCUT2D eigenvalue weighted by Crippen LogP contribution is -2.34. The molecule has 0 aliphatic heterocycles. The van der Waals surface area contributed by atoms with Crippen molar-refractivity contribution in [1.82, 2.24) is 10.6 Å². The van der Waals surface area contributed by atoms with Gasteiger partial charge in [0.05, 0.1) is 0 Å². The zero-order valence-electron chi connectivity index (χ0n) is 13.6. The van der Waals surface area contributed by atoms with E-state index in [9.17, 15) is 9.59 Å². The summed E-state index contributed by atoms with van der Waals surface area (Å²) in [6.07, 6.45) is 0. The molecule has 134 valence electrons. The van der Waals surface area contributed by atoms with E-state index < -0.39 is 0 Å². The number of hydrogen-bond acceptors (Lipinski definition) is 4. The molecule has 0 unspecified atom stereocenters. The Morgan fingerprint density at radius 3 is 1.92 bits per heavy atom. The van der Waals surface area contributed by atoms with Crippen LogP contribution in [0.15, 0.2) is 48.5 Å². The SMILES string of the molecule is CC(=O)NC(=S)Nc1ccc(NC(=S)NC(=O)c2cccc(Cl)c2)cc1. The van der Waals surface area contributed by atoms with Crippen LogP contribution in [0, 0.1) is 0 Å². The van der Waals surface area contributed by atoms with Crippen molar-refractivity contribution in [2.24, 2.45) is 0 Å². The molecule has 2 amide bonds. The van der Waals surface area contributed by atoms with Gasteiger partial charge in [-0.05, 0) is 66.9 Å². The van der Waals surface area contributed by atoms with E-state index in [2.05, 4.69) is 21.3 Å². The average molecular weight is 407 g/mol. The number of benzene rings is 2. The fraction of sp³-hybridized carbons (Fsp3) is 0.0588. The number of amides is 2. The van der Waals surface area contributed by atoms with Gasteiger partial charge < -0.3 is 16.0 Å². The van der Waals surface area contributed by atoms with Crippen LogP contribution in [0.25, 0.3) is 0 Å². The van der Waals surface area contributed by atoms with E-state index >= 15 is 0 Å². The zero-order valence-corrected chi connectivity index (χ0v) is 16.0. The van der Waals surface area contributed by atoms with Crippen molar-refractivity contribution in [1.29, 1.82) is 0 Å². The number of anilines is 2. The Kier molecular flexibility index (Phi) is 7.02. The minimum atomic E-state index is -0.357. The molecule has 0 saturated heterocycles. The van der Waals surface area contributed by atoms with Gasteiger partial charge in [0.2, 0.25) is 5.91 Å². The predicted octanol–water partition coefficient (Wildman–Crippen LogP) is 3.30. The number of rotatable bonds is 3. The smallest absolute Gasteiger partial charge is 0.257 e. The summed E-state index contributed by atoms with van der Waals surface area (Å²) in [5, 5.41) is 11.7. The number of carbonyl (C=O) groups excluding carboxylic acids is 2. The molecule has 2 aromatic carbocycles. The molecular weight excluding hydrogens is 392 g/mol. The third kappa shape index (κ3) is 6.40. The summed E-state index contributed by atoms with van der Waals surface area (Å²) in [5.41, 5.74) is 1.79. The van der Waals surface area contributed by atoms with Crippen LogP contribution in [0.4, 0.5) is 11.4 Å². The van der Waals surface area contributed by atoms with Gasteiger partial charge >= 0.3 is 0 Å². The zero-order chi connectivity index (χ0) is 19.1. The Bertz CT molecular complexity index is 856. The molecule has 0 saturated carbocycles. The van der Waals surface area contributed by atoms with Crippen molar-refractivity contribution < 1.29 is 9.59 Å². The first kappa shape index (κ1) is 19.8. The van der Waals surface area contributed by atoms with E-state index in [0.717, 1.165) is 0 Å². The number of carbonyl (C=O) groups is 2. The molecule has 6 nitrogen and oxygen atoms in total. The second-order valence-corrected chi connectivity index (χ2v) is 6.38. The summed E-state index contributed by atoms with van der Waals surface area (Å²) in [6.45, 7) is 1.37. The van der Waals surface area contributed by atoms with Crippen LogP contribution in [-0.2, 0) is 4.79 Å². The van der Waals surface area contributed by atoms with Crippen molar-refractivity contribution in [3.8, 4) is 0 Å². The Morgan fingerprint density at radius 1 is 0.885 bits per heavy atom. The molecule has 0 spiro atoms. The first-order valence-corrected chi connectivity index (χ1v) is 8.59. The standard InChI is InChI=1S/C17H15ClN4O2S2/c1-10(23)19-16(25)20-13-5-7-14(8-6-13)21-17(26)22-15(24)11-3-2-4-12(18)9-11/h2-9H,1H3,(H2,19,20,23,25)(H2,21,22,24,26).